The molecule has 0 N–H and O–H groups in total. The van der Waals surface area contributed by atoms with Crippen molar-refractivity contribution in [2.24, 2.45) is 0 Å². The molecular weight excluding hydrogens is 748 g/mol. The molecule has 0 fully saturated rings. The van der Waals surface area contributed by atoms with Crippen LogP contribution < -0.4 is 0 Å². The number of halogens is 3. The van der Waals surface area contributed by atoms with Crippen molar-refractivity contribution in [2.45, 2.75) is 78.9 Å². The third-order valence-corrected chi connectivity index (χ3v) is 9.24. The minimum absolute atomic E-state index is 0.282. The van der Waals surface area contributed by atoms with Gasteiger partial charge in [-0.1, -0.05) is 0 Å². The molecule has 278 valence electrons. The molecule has 0 radical (unpaired) electrons. The Labute approximate surface area is 315 Å². The summed E-state index contributed by atoms with van der Waals surface area (Å²) in [4.78, 5) is 32.3. The van der Waals surface area contributed by atoms with Crippen molar-refractivity contribution in [1.29, 1.82) is 0 Å². The number of hydrogen-bond donors (Lipinski definition) is 0. The zero-order valence-electron chi connectivity index (χ0n) is 30.6. The van der Waals surface area contributed by atoms with Crippen LogP contribution >= 0.6 is 15.9 Å². The van der Waals surface area contributed by atoms with Crippen LogP contribution in [0.15, 0.2) is 77.5 Å². The second-order valence-corrected chi connectivity index (χ2v) is 15.6. The maximum Gasteiger partial charge on any atom is 0.410 e. The van der Waals surface area contributed by atoms with Crippen LogP contribution in [-0.4, -0.2) is 70.8 Å². The Balaban J connectivity index is 0.000000185. The van der Waals surface area contributed by atoms with E-state index < -0.39 is 11.2 Å². The normalized spacial score (nSPS) is 14.1. The molecule has 0 saturated carbocycles. The molecule has 5 heterocycles. The maximum absolute atomic E-state index is 13.4. The fraction of sp³-hybridized carbons (Fsp3) is 0.359. The van der Waals surface area contributed by atoms with Crippen LogP contribution in [0.25, 0.3) is 33.6 Å². The molecule has 0 bridgehead atoms. The Morgan fingerprint density at radius 3 is 1.55 bits per heavy atom. The number of carbonyl (C=O) groups excluding carboxylic acids is 2. The third kappa shape index (κ3) is 8.93. The number of nitrogens with zero attached hydrogens (tertiary/aromatic N) is 7. The second-order valence-electron chi connectivity index (χ2n) is 14.8. The summed E-state index contributed by atoms with van der Waals surface area (Å²) >= 11 is 3.57. The summed E-state index contributed by atoms with van der Waals surface area (Å²) in [5, 5.41) is 9.38. The number of amides is 2. The first kappa shape index (κ1) is 37.6. The van der Waals surface area contributed by atoms with Gasteiger partial charge in [0.15, 0.2) is 0 Å². The molecule has 14 heteroatoms. The fourth-order valence-electron chi connectivity index (χ4n) is 5.99. The summed E-state index contributed by atoms with van der Waals surface area (Å²) in [6.45, 7) is 14.1. The van der Waals surface area contributed by atoms with Gasteiger partial charge in [0.2, 0.25) is 0 Å². The van der Waals surface area contributed by atoms with E-state index in [0.717, 1.165) is 49.5 Å². The third-order valence-electron chi connectivity index (χ3n) is 8.40. The average molecular weight is 791 g/mol. The lowest BCUT2D eigenvalue weighted by Gasteiger charge is -2.30. The Hall–Kier alpha value is -5.11. The van der Waals surface area contributed by atoms with Gasteiger partial charge in [0.25, 0.3) is 0 Å². The number of benzene rings is 2. The van der Waals surface area contributed by atoms with Gasteiger partial charge in [-0.3, -0.25) is 14.3 Å². The van der Waals surface area contributed by atoms with Crippen molar-refractivity contribution in [3.63, 3.8) is 0 Å². The Kier molecular flexibility index (Phi) is 10.7. The molecule has 2 aliphatic heterocycles. The van der Waals surface area contributed by atoms with Crippen molar-refractivity contribution in [1.82, 2.24) is 34.3 Å². The minimum atomic E-state index is -0.554. The van der Waals surface area contributed by atoms with Gasteiger partial charge in [-0.05, 0) is 124 Å². The molecule has 11 nitrogen and oxygen atoms in total. The highest BCUT2D eigenvalue weighted by Gasteiger charge is 2.31. The van der Waals surface area contributed by atoms with E-state index in [9.17, 15) is 18.4 Å². The summed E-state index contributed by atoms with van der Waals surface area (Å²) in [7, 11) is 0. The lowest BCUT2D eigenvalue weighted by atomic mass is 9.99. The van der Waals surface area contributed by atoms with Gasteiger partial charge in [-0.15, -0.1) is 0 Å². The molecular formula is C39H42BrF2N7O4. The summed E-state index contributed by atoms with van der Waals surface area (Å²) in [6, 6.07) is 16.3. The molecule has 2 aromatic carbocycles. The number of fused-ring (bicyclic) bond motifs is 2. The van der Waals surface area contributed by atoms with E-state index in [1.54, 1.807) is 46.5 Å². The van der Waals surface area contributed by atoms with Gasteiger partial charge in [-0.2, -0.15) is 10.2 Å². The van der Waals surface area contributed by atoms with Gasteiger partial charge in [0.05, 0.1) is 42.0 Å². The fourth-order valence-corrected chi connectivity index (χ4v) is 6.63. The number of ether oxygens (including phenoxy) is 2. The predicted molar refractivity (Wildman–Crippen MR) is 199 cm³/mol. The van der Waals surface area contributed by atoms with E-state index in [4.69, 9.17) is 14.6 Å². The van der Waals surface area contributed by atoms with E-state index in [1.807, 2.05) is 63.0 Å². The molecule has 0 spiro atoms. The smallest absolute Gasteiger partial charge is 0.410 e. The molecule has 0 atom stereocenters. The summed E-state index contributed by atoms with van der Waals surface area (Å²) in [5.74, 6) is -0.575. The first-order chi connectivity index (χ1) is 25.1. The van der Waals surface area contributed by atoms with Crippen molar-refractivity contribution >= 4 is 28.1 Å². The molecule has 2 aliphatic rings. The van der Waals surface area contributed by atoms with Crippen molar-refractivity contribution in [3.05, 3.63) is 101 Å². The summed E-state index contributed by atoms with van der Waals surface area (Å²) in [6.07, 6.45) is 2.78. The predicted octanol–water partition coefficient (Wildman–Crippen LogP) is 8.70. The highest BCUT2D eigenvalue weighted by molar-refractivity contribution is 9.10. The van der Waals surface area contributed by atoms with E-state index in [1.165, 1.54) is 24.3 Å². The van der Waals surface area contributed by atoms with Gasteiger partial charge in [-0.25, -0.2) is 18.4 Å². The topological polar surface area (TPSA) is 108 Å². The Morgan fingerprint density at radius 1 is 0.623 bits per heavy atom. The van der Waals surface area contributed by atoms with E-state index in [2.05, 4.69) is 26.0 Å². The Bertz CT molecular complexity index is 2090. The van der Waals surface area contributed by atoms with Crippen LogP contribution in [0.1, 0.15) is 52.9 Å². The van der Waals surface area contributed by atoms with Crippen LogP contribution in [-0.2, 0) is 35.7 Å². The first-order valence-corrected chi connectivity index (χ1v) is 18.1. The van der Waals surface area contributed by atoms with Crippen LogP contribution in [0.2, 0.25) is 0 Å². The molecule has 3 aromatic heterocycles. The molecule has 5 aromatic rings. The number of rotatable bonds is 3. The SMILES string of the molecule is CC(C)(C)OC(=O)N1CCn2nc(-c3ccc(F)cc3)c(-c3ccncc3)c2C1.CC(C)(C)OC(=O)N1CCn2nc(-c3ccc(F)cc3)c(Br)c2C1. The maximum atomic E-state index is 13.4. The zero-order valence-corrected chi connectivity index (χ0v) is 32.2. The van der Waals surface area contributed by atoms with Crippen molar-refractivity contribution in [2.75, 3.05) is 13.1 Å². The molecule has 7 rings (SSSR count). The van der Waals surface area contributed by atoms with Crippen molar-refractivity contribution in [3.8, 4) is 33.6 Å². The van der Waals surface area contributed by atoms with Crippen LogP contribution in [0, 0.1) is 11.6 Å². The number of hydrogen-bond acceptors (Lipinski definition) is 7. The lowest BCUT2D eigenvalue weighted by Crippen LogP contribution is -2.41. The second kappa shape index (κ2) is 15.1. The number of pyridine rings is 1. The van der Waals surface area contributed by atoms with E-state index in [0.29, 0.717) is 39.3 Å². The van der Waals surface area contributed by atoms with Crippen LogP contribution in [0.3, 0.4) is 0 Å². The van der Waals surface area contributed by atoms with Gasteiger partial charge < -0.3 is 19.3 Å². The highest BCUT2D eigenvalue weighted by atomic mass is 79.9. The standard InChI is InChI=1S/C22H23FN4O2.C17H19BrFN3O2/c1-22(2,3)29-21(28)26-12-13-27-18(14-26)19(15-8-10-24-11-9-15)20(25-27)16-4-6-17(23)7-5-16;1-17(2,3)24-16(23)21-8-9-22-13(10-21)14(18)15(20-22)11-4-6-12(19)7-5-11/h4-11H,12-14H2,1-3H3;4-7H,8-10H2,1-3H3. The van der Waals surface area contributed by atoms with E-state index >= 15 is 0 Å². The number of aromatic nitrogens is 5. The lowest BCUT2D eigenvalue weighted by molar-refractivity contribution is 0.0184. The molecule has 2 amide bonds. The van der Waals surface area contributed by atoms with Gasteiger partial charge in [0.1, 0.15) is 34.2 Å². The quantitative estimate of drug-likeness (QED) is 0.180. The van der Waals surface area contributed by atoms with Gasteiger partial charge >= 0.3 is 12.2 Å². The number of carbonyl (C=O) groups is 2. The minimum Gasteiger partial charge on any atom is -0.444 e. The molecule has 0 aliphatic carbocycles. The van der Waals surface area contributed by atoms with Gasteiger partial charge in [0, 0.05) is 42.2 Å². The largest absolute Gasteiger partial charge is 0.444 e. The molecule has 0 unspecified atom stereocenters. The summed E-state index contributed by atoms with van der Waals surface area (Å²) in [5.41, 5.74) is 5.79. The summed E-state index contributed by atoms with van der Waals surface area (Å²) < 4.78 is 42.2. The molecule has 0 saturated heterocycles. The monoisotopic (exact) mass is 789 g/mol. The highest BCUT2D eigenvalue weighted by Crippen LogP contribution is 2.37. The van der Waals surface area contributed by atoms with E-state index in [-0.39, 0.29) is 23.8 Å². The average Bonchev–Trinajstić information content (AvgIpc) is 3.65. The van der Waals surface area contributed by atoms with Crippen LogP contribution in [0.4, 0.5) is 18.4 Å². The zero-order chi connectivity index (χ0) is 38.1. The van der Waals surface area contributed by atoms with Crippen molar-refractivity contribution < 1.29 is 27.8 Å². The Morgan fingerprint density at radius 2 is 1.06 bits per heavy atom. The van der Waals surface area contributed by atoms with Crippen LogP contribution in [0.5, 0.6) is 0 Å². The molecule has 53 heavy (non-hydrogen) atoms. The first-order valence-electron chi connectivity index (χ1n) is 17.3.